The SMILES string of the molecule is CCNC(=NCc1ccco1)NC1CCC(SC)C1. The molecule has 0 bridgehead atoms. The lowest BCUT2D eigenvalue weighted by molar-refractivity contribution is 0.511. The number of rotatable bonds is 5. The van der Waals surface area contributed by atoms with E-state index in [1.54, 1.807) is 6.26 Å². The highest BCUT2D eigenvalue weighted by atomic mass is 32.2. The Balaban J connectivity index is 1.87. The number of aliphatic imine (C=N–C) groups is 1. The van der Waals surface area contributed by atoms with Crippen LogP contribution in [0.2, 0.25) is 0 Å². The molecular formula is C14H23N3OS. The second-order valence-electron chi connectivity index (χ2n) is 4.79. The van der Waals surface area contributed by atoms with Gasteiger partial charge in [-0.05, 0) is 44.6 Å². The number of hydrogen-bond donors (Lipinski definition) is 2. The van der Waals surface area contributed by atoms with Crippen LogP contribution in [0.15, 0.2) is 27.8 Å². The first-order valence-corrected chi connectivity index (χ1v) is 8.20. The molecule has 1 heterocycles. The Labute approximate surface area is 119 Å². The van der Waals surface area contributed by atoms with Crippen molar-refractivity contribution in [3.8, 4) is 0 Å². The van der Waals surface area contributed by atoms with E-state index in [0.717, 1.165) is 23.5 Å². The van der Waals surface area contributed by atoms with Crippen molar-refractivity contribution >= 4 is 17.7 Å². The first kappa shape index (κ1) is 14.3. The van der Waals surface area contributed by atoms with Crippen molar-refractivity contribution in [1.29, 1.82) is 0 Å². The fourth-order valence-corrected chi connectivity index (χ4v) is 3.15. The smallest absolute Gasteiger partial charge is 0.191 e. The molecule has 2 rings (SSSR count). The lowest BCUT2D eigenvalue weighted by atomic mass is 10.2. The maximum atomic E-state index is 5.30. The molecule has 5 heteroatoms. The molecule has 19 heavy (non-hydrogen) atoms. The topological polar surface area (TPSA) is 49.6 Å². The van der Waals surface area contributed by atoms with Gasteiger partial charge < -0.3 is 15.1 Å². The van der Waals surface area contributed by atoms with Gasteiger partial charge in [0.15, 0.2) is 5.96 Å². The van der Waals surface area contributed by atoms with Crippen LogP contribution in [-0.2, 0) is 6.54 Å². The highest BCUT2D eigenvalue weighted by Crippen LogP contribution is 2.27. The molecule has 2 unspecified atom stereocenters. The molecule has 0 radical (unpaired) electrons. The molecule has 4 nitrogen and oxygen atoms in total. The summed E-state index contributed by atoms with van der Waals surface area (Å²) in [6.07, 6.45) is 7.65. The Morgan fingerprint density at radius 2 is 2.42 bits per heavy atom. The number of hydrogen-bond acceptors (Lipinski definition) is 3. The number of nitrogens with one attached hydrogen (secondary N) is 2. The molecule has 1 fully saturated rings. The lowest BCUT2D eigenvalue weighted by Crippen LogP contribution is -2.42. The van der Waals surface area contributed by atoms with E-state index < -0.39 is 0 Å². The van der Waals surface area contributed by atoms with Crippen LogP contribution in [0.1, 0.15) is 31.9 Å². The van der Waals surface area contributed by atoms with E-state index in [0.29, 0.717) is 12.6 Å². The molecule has 2 atom stereocenters. The van der Waals surface area contributed by atoms with Gasteiger partial charge in [-0.15, -0.1) is 0 Å². The average molecular weight is 281 g/mol. The maximum Gasteiger partial charge on any atom is 0.191 e. The summed E-state index contributed by atoms with van der Waals surface area (Å²) < 4.78 is 5.30. The van der Waals surface area contributed by atoms with Crippen molar-refractivity contribution in [3.05, 3.63) is 24.2 Å². The molecule has 0 saturated heterocycles. The summed E-state index contributed by atoms with van der Waals surface area (Å²) in [6, 6.07) is 4.39. The molecule has 0 aromatic carbocycles. The van der Waals surface area contributed by atoms with E-state index in [1.807, 2.05) is 23.9 Å². The Kier molecular flexibility index (Phi) is 5.63. The summed E-state index contributed by atoms with van der Waals surface area (Å²) in [5, 5.41) is 7.62. The first-order valence-electron chi connectivity index (χ1n) is 6.91. The zero-order valence-electron chi connectivity index (χ0n) is 11.7. The normalized spacial score (nSPS) is 23.6. The number of guanidine groups is 1. The van der Waals surface area contributed by atoms with Crippen LogP contribution in [0.4, 0.5) is 0 Å². The minimum absolute atomic E-state index is 0.548. The van der Waals surface area contributed by atoms with E-state index in [4.69, 9.17) is 4.42 Å². The van der Waals surface area contributed by atoms with Gasteiger partial charge >= 0.3 is 0 Å². The van der Waals surface area contributed by atoms with Crippen molar-refractivity contribution in [2.45, 2.75) is 44.0 Å². The Hall–Kier alpha value is -1.10. The highest BCUT2D eigenvalue weighted by Gasteiger charge is 2.24. The minimum Gasteiger partial charge on any atom is -0.467 e. The van der Waals surface area contributed by atoms with Gasteiger partial charge in [0.2, 0.25) is 0 Å². The second kappa shape index (κ2) is 7.48. The molecule has 1 aromatic heterocycles. The largest absolute Gasteiger partial charge is 0.467 e. The molecule has 0 spiro atoms. The standard InChI is InChI=1S/C14H23N3OS/c1-3-15-14(16-10-12-5-4-8-18-12)17-11-6-7-13(9-11)19-2/h4-5,8,11,13H,3,6-7,9-10H2,1-2H3,(H2,15,16,17). The number of thioether (sulfide) groups is 1. The van der Waals surface area contributed by atoms with E-state index in [9.17, 15) is 0 Å². The summed E-state index contributed by atoms with van der Waals surface area (Å²) in [5.41, 5.74) is 0. The first-order chi connectivity index (χ1) is 9.31. The molecule has 0 aliphatic heterocycles. The monoisotopic (exact) mass is 281 g/mol. The second-order valence-corrected chi connectivity index (χ2v) is 5.92. The number of furan rings is 1. The summed E-state index contributed by atoms with van der Waals surface area (Å²) in [6.45, 7) is 3.55. The van der Waals surface area contributed by atoms with Crippen molar-refractivity contribution in [3.63, 3.8) is 0 Å². The van der Waals surface area contributed by atoms with E-state index in [-0.39, 0.29) is 0 Å². The Morgan fingerprint density at radius 3 is 3.05 bits per heavy atom. The fraction of sp³-hybridized carbons (Fsp3) is 0.643. The molecule has 1 aliphatic carbocycles. The summed E-state index contributed by atoms with van der Waals surface area (Å²) in [5.74, 6) is 1.79. The molecule has 1 aromatic rings. The Bertz CT molecular complexity index is 391. The van der Waals surface area contributed by atoms with Gasteiger partial charge in [0, 0.05) is 17.8 Å². The quantitative estimate of drug-likeness (QED) is 0.643. The summed E-state index contributed by atoms with van der Waals surface area (Å²) >= 11 is 1.97. The molecule has 1 saturated carbocycles. The Morgan fingerprint density at radius 1 is 1.53 bits per heavy atom. The van der Waals surface area contributed by atoms with Crippen LogP contribution < -0.4 is 10.6 Å². The van der Waals surface area contributed by atoms with Crippen molar-refractivity contribution in [1.82, 2.24) is 10.6 Å². The predicted octanol–water partition coefficient (Wildman–Crippen LogP) is 2.62. The molecular weight excluding hydrogens is 258 g/mol. The lowest BCUT2D eigenvalue weighted by Gasteiger charge is -2.17. The maximum absolute atomic E-state index is 5.30. The third-order valence-corrected chi connectivity index (χ3v) is 4.47. The van der Waals surface area contributed by atoms with Crippen LogP contribution in [0.5, 0.6) is 0 Å². The third-order valence-electron chi connectivity index (χ3n) is 3.38. The van der Waals surface area contributed by atoms with Crippen LogP contribution in [0.3, 0.4) is 0 Å². The van der Waals surface area contributed by atoms with Gasteiger partial charge in [-0.1, -0.05) is 0 Å². The van der Waals surface area contributed by atoms with Gasteiger partial charge in [-0.2, -0.15) is 11.8 Å². The predicted molar refractivity (Wildman–Crippen MR) is 81.6 cm³/mol. The van der Waals surface area contributed by atoms with E-state index in [1.165, 1.54) is 19.3 Å². The average Bonchev–Trinajstić information content (AvgIpc) is 3.07. The molecule has 2 N–H and O–H groups in total. The van der Waals surface area contributed by atoms with Crippen molar-refractivity contribution in [2.24, 2.45) is 4.99 Å². The molecule has 1 aliphatic rings. The van der Waals surface area contributed by atoms with Crippen LogP contribution in [0, 0.1) is 0 Å². The van der Waals surface area contributed by atoms with Crippen molar-refractivity contribution in [2.75, 3.05) is 12.8 Å². The zero-order chi connectivity index (χ0) is 13.5. The fourth-order valence-electron chi connectivity index (χ4n) is 2.36. The van der Waals surface area contributed by atoms with E-state index in [2.05, 4.69) is 28.8 Å². The van der Waals surface area contributed by atoms with Gasteiger partial charge in [0.25, 0.3) is 0 Å². The van der Waals surface area contributed by atoms with Crippen LogP contribution in [-0.4, -0.2) is 30.1 Å². The molecule has 0 amide bonds. The van der Waals surface area contributed by atoms with E-state index >= 15 is 0 Å². The van der Waals surface area contributed by atoms with Gasteiger partial charge in [-0.3, -0.25) is 0 Å². The number of nitrogens with zero attached hydrogens (tertiary/aromatic N) is 1. The van der Waals surface area contributed by atoms with Crippen molar-refractivity contribution < 1.29 is 4.42 Å². The zero-order valence-corrected chi connectivity index (χ0v) is 12.5. The molecule has 106 valence electrons. The minimum atomic E-state index is 0.548. The van der Waals surface area contributed by atoms with Gasteiger partial charge in [0.1, 0.15) is 12.3 Å². The van der Waals surface area contributed by atoms with Crippen LogP contribution in [0.25, 0.3) is 0 Å². The highest BCUT2D eigenvalue weighted by molar-refractivity contribution is 7.99. The van der Waals surface area contributed by atoms with Crippen LogP contribution >= 0.6 is 11.8 Å². The summed E-state index contributed by atoms with van der Waals surface area (Å²) in [7, 11) is 0. The summed E-state index contributed by atoms with van der Waals surface area (Å²) in [4.78, 5) is 4.56. The van der Waals surface area contributed by atoms with Gasteiger partial charge in [0.05, 0.1) is 6.26 Å². The van der Waals surface area contributed by atoms with Gasteiger partial charge in [-0.25, -0.2) is 4.99 Å². The third kappa shape index (κ3) is 4.49.